The molecule has 0 aliphatic carbocycles. The van der Waals surface area contributed by atoms with Gasteiger partial charge in [-0.2, -0.15) is 0 Å². The summed E-state index contributed by atoms with van der Waals surface area (Å²) in [6.07, 6.45) is 6.75. The quantitative estimate of drug-likeness (QED) is 0.656. The third-order valence-electron chi connectivity index (χ3n) is 3.29. The Morgan fingerprint density at radius 1 is 1.37 bits per heavy atom. The van der Waals surface area contributed by atoms with Gasteiger partial charge in [-0.1, -0.05) is 20.3 Å². The Morgan fingerprint density at radius 3 is 2.79 bits per heavy atom. The minimum atomic E-state index is 0.556. The summed E-state index contributed by atoms with van der Waals surface area (Å²) in [6, 6.07) is 0.556. The van der Waals surface area contributed by atoms with Crippen molar-refractivity contribution in [3.05, 3.63) is 11.9 Å². The summed E-state index contributed by atoms with van der Waals surface area (Å²) in [5, 5.41) is 3.44. The molecule has 4 heteroatoms. The molecule has 0 saturated heterocycles. The Labute approximate surface area is 117 Å². The predicted octanol–water partition coefficient (Wildman–Crippen LogP) is 3.78. The smallest absolute Gasteiger partial charge is 0.203 e. The monoisotopic (exact) mass is 267 g/mol. The molecule has 1 aromatic rings. The maximum absolute atomic E-state index is 5.35. The molecule has 0 radical (unpaired) electrons. The first kappa shape index (κ1) is 16.0. The van der Waals surface area contributed by atoms with Crippen molar-refractivity contribution in [3.63, 3.8) is 0 Å². The molecule has 1 aromatic heterocycles. The van der Waals surface area contributed by atoms with E-state index >= 15 is 0 Å². The third kappa shape index (κ3) is 5.23. The number of ether oxygens (including phenoxy) is 1. The van der Waals surface area contributed by atoms with Gasteiger partial charge in [-0.05, 0) is 33.1 Å². The molecular formula is C15H29N3O. The van der Waals surface area contributed by atoms with Crippen LogP contribution in [0.15, 0.2) is 6.20 Å². The van der Waals surface area contributed by atoms with E-state index in [0.29, 0.717) is 6.04 Å². The fourth-order valence-electron chi connectivity index (χ4n) is 2.32. The predicted molar refractivity (Wildman–Crippen MR) is 80.8 cm³/mol. The molecule has 0 saturated carbocycles. The Kier molecular flexibility index (Phi) is 7.56. The third-order valence-corrected chi connectivity index (χ3v) is 3.29. The van der Waals surface area contributed by atoms with E-state index in [2.05, 4.69) is 41.8 Å². The number of aromatic nitrogens is 2. The molecule has 1 N–H and O–H groups in total. The molecule has 1 heterocycles. The van der Waals surface area contributed by atoms with Gasteiger partial charge >= 0.3 is 0 Å². The highest BCUT2D eigenvalue weighted by molar-refractivity contribution is 5.29. The maximum Gasteiger partial charge on any atom is 0.203 e. The molecular weight excluding hydrogens is 238 g/mol. The summed E-state index contributed by atoms with van der Waals surface area (Å²) in [7, 11) is 0. The Hall–Kier alpha value is -1.03. The molecule has 1 unspecified atom stereocenters. The van der Waals surface area contributed by atoms with E-state index in [9.17, 15) is 0 Å². The summed E-state index contributed by atoms with van der Waals surface area (Å²) < 4.78 is 7.65. The van der Waals surface area contributed by atoms with Crippen LogP contribution in [0.3, 0.4) is 0 Å². The highest BCUT2D eigenvalue weighted by Crippen LogP contribution is 2.23. The van der Waals surface area contributed by atoms with Gasteiger partial charge in [-0.3, -0.25) is 0 Å². The lowest BCUT2D eigenvalue weighted by atomic mass is 10.1. The van der Waals surface area contributed by atoms with E-state index in [0.717, 1.165) is 44.2 Å². The number of anilines is 1. The van der Waals surface area contributed by atoms with Crippen LogP contribution in [0, 0.1) is 6.92 Å². The van der Waals surface area contributed by atoms with E-state index in [4.69, 9.17) is 4.74 Å². The van der Waals surface area contributed by atoms with Crippen molar-refractivity contribution in [2.24, 2.45) is 0 Å². The van der Waals surface area contributed by atoms with Crippen molar-refractivity contribution in [2.75, 3.05) is 25.1 Å². The fraction of sp³-hybridized carbons (Fsp3) is 0.800. The van der Waals surface area contributed by atoms with Gasteiger partial charge in [-0.15, -0.1) is 0 Å². The van der Waals surface area contributed by atoms with Gasteiger partial charge in [-0.25, -0.2) is 4.98 Å². The van der Waals surface area contributed by atoms with Crippen LogP contribution < -0.4 is 5.32 Å². The molecule has 1 atom stereocenters. The lowest BCUT2D eigenvalue weighted by Gasteiger charge is -2.19. The average Bonchev–Trinajstić information content (AvgIpc) is 2.77. The van der Waals surface area contributed by atoms with Gasteiger partial charge < -0.3 is 14.6 Å². The van der Waals surface area contributed by atoms with Crippen LogP contribution >= 0.6 is 0 Å². The molecule has 0 aliphatic heterocycles. The standard InChI is InChI=1S/C15H29N3O/c1-5-9-14(6-2)18-12-13(4)17-15(18)16-10-8-11-19-7-3/h12,14H,5-11H2,1-4H3,(H,16,17). The fourth-order valence-corrected chi connectivity index (χ4v) is 2.32. The van der Waals surface area contributed by atoms with E-state index in [1.54, 1.807) is 0 Å². The first-order valence-electron chi connectivity index (χ1n) is 7.59. The summed E-state index contributed by atoms with van der Waals surface area (Å²) >= 11 is 0. The van der Waals surface area contributed by atoms with Crippen molar-refractivity contribution < 1.29 is 4.74 Å². The zero-order valence-corrected chi connectivity index (χ0v) is 12.9. The minimum Gasteiger partial charge on any atom is -0.382 e. The summed E-state index contributed by atoms with van der Waals surface area (Å²) in [5.74, 6) is 1.01. The lowest BCUT2D eigenvalue weighted by Crippen LogP contribution is -2.14. The van der Waals surface area contributed by atoms with Gasteiger partial charge in [0.15, 0.2) is 0 Å². The van der Waals surface area contributed by atoms with Crippen molar-refractivity contribution in [1.29, 1.82) is 0 Å². The highest BCUT2D eigenvalue weighted by Gasteiger charge is 2.13. The summed E-state index contributed by atoms with van der Waals surface area (Å²) in [5.41, 5.74) is 1.09. The molecule has 1 rings (SSSR count). The zero-order chi connectivity index (χ0) is 14.1. The molecule has 4 nitrogen and oxygen atoms in total. The van der Waals surface area contributed by atoms with Gasteiger partial charge in [0.1, 0.15) is 0 Å². The van der Waals surface area contributed by atoms with E-state index in [-0.39, 0.29) is 0 Å². The number of imidazole rings is 1. The van der Waals surface area contributed by atoms with Crippen LogP contribution in [-0.2, 0) is 4.74 Å². The first-order chi connectivity index (χ1) is 9.22. The average molecular weight is 267 g/mol. The summed E-state index contributed by atoms with van der Waals surface area (Å²) in [6.45, 7) is 11.1. The van der Waals surface area contributed by atoms with E-state index in [1.165, 1.54) is 12.8 Å². The number of hydrogen-bond acceptors (Lipinski definition) is 3. The van der Waals surface area contributed by atoms with E-state index < -0.39 is 0 Å². The SMILES string of the molecule is CCCC(CC)n1cc(C)nc1NCCCOCC. The Morgan fingerprint density at radius 2 is 2.16 bits per heavy atom. The second-order valence-electron chi connectivity index (χ2n) is 4.94. The van der Waals surface area contributed by atoms with Crippen molar-refractivity contribution in [2.45, 2.75) is 59.4 Å². The summed E-state index contributed by atoms with van der Waals surface area (Å²) in [4.78, 5) is 4.59. The lowest BCUT2D eigenvalue weighted by molar-refractivity contribution is 0.147. The van der Waals surface area contributed by atoms with Gasteiger partial charge in [0.25, 0.3) is 0 Å². The van der Waals surface area contributed by atoms with Gasteiger partial charge in [0, 0.05) is 32.0 Å². The van der Waals surface area contributed by atoms with E-state index in [1.807, 2.05) is 6.92 Å². The van der Waals surface area contributed by atoms with Crippen molar-refractivity contribution >= 4 is 5.95 Å². The minimum absolute atomic E-state index is 0.556. The first-order valence-corrected chi connectivity index (χ1v) is 7.59. The maximum atomic E-state index is 5.35. The Balaban J connectivity index is 2.56. The van der Waals surface area contributed by atoms with Crippen LogP contribution in [0.2, 0.25) is 0 Å². The van der Waals surface area contributed by atoms with Crippen molar-refractivity contribution in [1.82, 2.24) is 9.55 Å². The number of rotatable bonds is 10. The Bertz CT molecular complexity index is 349. The largest absolute Gasteiger partial charge is 0.382 e. The molecule has 0 spiro atoms. The normalized spacial score (nSPS) is 12.6. The van der Waals surface area contributed by atoms with Crippen LogP contribution in [-0.4, -0.2) is 29.3 Å². The number of nitrogens with one attached hydrogen (secondary N) is 1. The molecule has 0 amide bonds. The van der Waals surface area contributed by atoms with Crippen LogP contribution in [0.4, 0.5) is 5.95 Å². The van der Waals surface area contributed by atoms with Crippen molar-refractivity contribution in [3.8, 4) is 0 Å². The van der Waals surface area contributed by atoms with Gasteiger partial charge in [0.2, 0.25) is 5.95 Å². The van der Waals surface area contributed by atoms with Crippen LogP contribution in [0.25, 0.3) is 0 Å². The molecule has 19 heavy (non-hydrogen) atoms. The second kappa shape index (κ2) is 8.97. The molecule has 110 valence electrons. The molecule has 0 bridgehead atoms. The van der Waals surface area contributed by atoms with Gasteiger partial charge in [0.05, 0.1) is 5.69 Å². The second-order valence-corrected chi connectivity index (χ2v) is 4.94. The number of nitrogens with zero attached hydrogens (tertiary/aromatic N) is 2. The number of hydrogen-bond donors (Lipinski definition) is 1. The van der Waals surface area contributed by atoms with Crippen LogP contribution in [0.1, 0.15) is 58.2 Å². The molecule has 0 fully saturated rings. The van der Waals surface area contributed by atoms with Crippen LogP contribution in [0.5, 0.6) is 0 Å². The highest BCUT2D eigenvalue weighted by atomic mass is 16.5. The molecule has 0 aliphatic rings. The molecule has 0 aromatic carbocycles. The topological polar surface area (TPSA) is 39.1 Å². The zero-order valence-electron chi connectivity index (χ0n) is 12.9. The number of aryl methyl sites for hydroxylation is 1.